The third kappa shape index (κ3) is 4.21. The van der Waals surface area contributed by atoms with Gasteiger partial charge in [-0.15, -0.1) is 0 Å². The first-order chi connectivity index (χ1) is 15.3. The van der Waals surface area contributed by atoms with E-state index in [1.807, 2.05) is 0 Å². The molecule has 0 radical (unpaired) electrons. The molecule has 0 aromatic rings. The van der Waals surface area contributed by atoms with Gasteiger partial charge in [-0.2, -0.15) is 0 Å². The van der Waals surface area contributed by atoms with E-state index >= 15 is 0 Å². The molecule has 0 N–H and O–H groups in total. The molecule has 4 saturated carbocycles. The predicted octanol–water partition coefficient (Wildman–Crippen LogP) is 9.28. The van der Waals surface area contributed by atoms with Crippen LogP contribution in [0.3, 0.4) is 0 Å². The van der Waals surface area contributed by atoms with Crippen molar-refractivity contribution in [1.82, 2.24) is 0 Å². The van der Waals surface area contributed by atoms with E-state index in [0.29, 0.717) is 10.8 Å². The Kier molecular flexibility index (Phi) is 7.21. The Balaban J connectivity index is 1.25. The molecule has 0 bridgehead atoms. The van der Waals surface area contributed by atoms with Crippen molar-refractivity contribution in [2.45, 2.75) is 129 Å². The number of hydrogen-bond acceptors (Lipinski definition) is 0. The zero-order valence-electron chi connectivity index (χ0n) is 22.2. The molecule has 0 spiro atoms. The Morgan fingerprint density at radius 1 is 0.781 bits per heavy atom. The van der Waals surface area contributed by atoms with Crippen LogP contribution in [0.25, 0.3) is 0 Å². The van der Waals surface area contributed by atoms with E-state index in [0.717, 1.165) is 68.2 Å². The number of rotatable bonds is 6. The molecule has 1 heteroatoms. The predicted molar refractivity (Wildman–Crippen MR) is 140 cm³/mol. The Hall–Kier alpha value is 0.519. The molecule has 1 saturated heterocycles. The van der Waals surface area contributed by atoms with Crippen LogP contribution >= 0.6 is 0 Å². The van der Waals surface area contributed by atoms with E-state index in [-0.39, 0.29) is 0 Å². The molecule has 32 heavy (non-hydrogen) atoms. The Morgan fingerprint density at radius 3 is 2.31 bits per heavy atom. The van der Waals surface area contributed by atoms with Crippen LogP contribution in [0.2, 0.25) is 10.6 Å². The van der Waals surface area contributed by atoms with Crippen molar-refractivity contribution in [2.24, 2.45) is 64.1 Å². The van der Waals surface area contributed by atoms with Crippen molar-refractivity contribution < 1.29 is 0 Å². The van der Waals surface area contributed by atoms with Crippen molar-refractivity contribution in [1.29, 1.82) is 0 Å². The van der Waals surface area contributed by atoms with E-state index in [1.165, 1.54) is 19.3 Å². The summed E-state index contributed by atoms with van der Waals surface area (Å²) in [6.07, 6.45) is 20.2. The average molecular weight is 506 g/mol. The fourth-order valence-corrected chi connectivity index (χ4v) is 13.6. The minimum absolute atomic E-state index is 0.671. The molecule has 5 aliphatic rings. The van der Waals surface area contributed by atoms with Gasteiger partial charge in [-0.25, -0.2) is 0 Å². The van der Waals surface area contributed by atoms with E-state index < -0.39 is 0 Å². The molecule has 5 rings (SSSR count). The second kappa shape index (κ2) is 9.52. The first kappa shape index (κ1) is 24.2. The molecule has 4 aliphatic carbocycles. The van der Waals surface area contributed by atoms with Crippen LogP contribution in [-0.4, -0.2) is 15.0 Å². The van der Waals surface area contributed by atoms with Crippen LogP contribution in [0, 0.1) is 64.1 Å². The first-order valence-corrected chi connectivity index (χ1v) is 17.3. The second-order valence-corrected chi connectivity index (χ2v) is 16.8. The van der Waals surface area contributed by atoms with Gasteiger partial charge in [0.1, 0.15) is 0 Å². The molecule has 1 heterocycles. The van der Waals surface area contributed by atoms with Gasteiger partial charge < -0.3 is 0 Å². The summed E-state index contributed by atoms with van der Waals surface area (Å²) in [7, 11) is 0. The fourth-order valence-electron chi connectivity index (χ4n) is 10.7. The molecular formula is C31H54Se. The summed E-state index contributed by atoms with van der Waals surface area (Å²) in [6.45, 7) is 13.0. The molecule has 1 aliphatic heterocycles. The summed E-state index contributed by atoms with van der Waals surface area (Å²) in [6, 6.07) is 0. The van der Waals surface area contributed by atoms with E-state index in [4.69, 9.17) is 0 Å². The van der Waals surface area contributed by atoms with Crippen LogP contribution in [0.4, 0.5) is 0 Å². The quantitative estimate of drug-likeness (QED) is 0.316. The van der Waals surface area contributed by atoms with Crippen LogP contribution in [0.1, 0.15) is 118 Å². The van der Waals surface area contributed by atoms with Crippen LogP contribution in [0.5, 0.6) is 0 Å². The minimum atomic E-state index is 0.671. The Bertz CT molecular complexity index is 634. The van der Waals surface area contributed by atoms with Gasteiger partial charge in [-0.05, 0) is 5.92 Å². The molecule has 0 aromatic carbocycles. The van der Waals surface area contributed by atoms with Gasteiger partial charge in [0, 0.05) is 0 Å². The third-order valence-electron chi connectivity index (χ3n) is 12.5. The molecule has 1 unspecified atom stereocenters. The zero-order chi connectivity index (χ0) is 22.5. The maximum atomic E-state index is 2.80. The zero-order valence-corrected chi connectivity index (χ0v) is 23.9. The molecule has 5 fully saturated rings. The standard InChI is InChI=1S/C31H54Se/c1-21(2)7-6-8-22(3)27-11-12-28-26-10-9-25-19-23(24-15-18-32-20-24)13-16-30(25,4)29(26)14-17-31(27,28)5/h21-29H,6-20H2,1-5H3/t22-,23+,24?,25+,26+,27-,28+,29+,30+,31-/m1/s1. The van der Waals surface area contributed by atoms with Crippen molar-refractivity contribution in [3.8, 4) is 0 Å². The molecule has 184 valence electrons. The van der Waals surface area contributed by atoms with Crippen molar-refractivity contribution >= 4 is 15.0 Å². The first-order valence-electron chi connectivity index (χ1n) is 14.9. The summed E-state index contributed by atoms with van der Waals surface area (Å²) < 4.78 is 0. The molecule has 0 aromatic heterocycles. The maximum absolute atomic E-state index is 2.80. The second-order valence-electron chi connectivity index (χ2n) is 14.3. The van der Waals surface area contributed by atoms with Gasteiger partial charge in [-0.1, -0.05) is 40.0 Å². The van der Waals surface area contributed by atoms with Crippen LogP contribution in [0.15, 0.2) is 0 Å². The third-order valence-corrected chi connectivity index (χ3v) is 15.0. The van der Waals surface area contributed by atoms with Crippen LogP contribution < -0.4 is 0 Å². The molecule has 10 atom stereocenters. The summed E-state index contributed by atoms with van der Waals surface area (Å²) >= 11 is 1.00. The average Bonchev–Trinajstić information content (AvgIpc) is 3.40. The Morgan fingerprint density at radius 2 is 1.56 bits per heavy atom. The Labute approximate surface area is 207 Å². The van der Waals surface area contributed by atoms with Gasteiger partial charge in [-0.3, -0.25) is 0 Å². The van der Waals surface area contributed by atoms with Gasteiger partial charge in [0.05, 0.1) is 0 Å². The van der Waals surface area contributed by atoms with Gasteiger partial charge in [0.2, 0.25) is 0 Å². The monoisotopic (exact) mass is 506 g/mol. The van der Waals surface area contributed by atoms with Crippen molar-refractivity contribution in [2.75, 3.05) is 0 Å². The van der Waals surface area contributed by atoms with Gasteiger partial charge in [0.25, 0.3) is 0 Å². The summed E-state index contributed by atoms with van der Waals surface area (Å²) in [5, 5.41) is 3.22. The van der Waals surface area contributed by atoms with E-state index in [9.17, 15) is 0 Å². The summed E-state index contributed by atoms with van der Waals surface area (Å²) in [5.74, 6) is 9.40. The molecule has 0 amide bonds. The summed E-state index contributed by atoms with van der Waals surface area (Å²) in [4.78, 5) is 0. The van der Waals surface area contributed by atoms with Crippen molar-refractivity contribution in [3.63, 3.8) is 0 Å². The number of hydrogen-bond donors (Lipinski definition) is 0. The SMILES string of the molecule is CC(C)CCC[C@@H](C)[C@H]1CC[C@H]2[C@@H]3CC[C@H]4C[C@@H](C5CC[Se]C5)CC[C@]4(C)[C@H]3CC[C@]12C. The normalized spacial score (nSPS) is 49.5. The molecular weight excluding hydrogens is 451 g/mol. The van der Waals surface area contributed by atoms with E-state index in [1.54, 1.807) is 74.8 Å². The molecule has 0 nitrogen and oxygen atoms in total. The topological polar surface area (TPSA) is 0 Å². The van der Waals surface area contributed by atoms with E-state index in [2.05, 4.69) is 34.6 Å². The van der Waals surface area contributed by atoms with Gasteiger partial charge >= 0.3 is 162 Å². The summed E-state index contributed by atoms with van der Waals surface area (Å²) in [5.41, 5.74) is 1.37. The number of fused-ring (bicyclic) bond motifs is 5. The van der Waals surface area contributed by atoms with Gasteiger partial charge in [0.15, 0.2) is 0 Å². The fraction of sp³-hybridized carbons (Fsp3) is 1.00. The van der Waals surface area contributed by atoms with Crippen LogP contribution in [-0.2, 0) is 0 Å². The van der Waals surface area contributed by atoms with Crippen molar-refractivity contribution in [3.05, 3.63) is 0 Å².